The summed E-state index contributed by atoms with van der Waals surface area (Å²) in [5.74, 6) is -2.75. The van der Waals surface area contributed by atoms with Gasteiger partial charge in [-0.3, -0.25) is 9.59 Å². The van der Waals surface area contributed by atoms with Crippen LogP contribution in [0.25, 0.3) is 0 Å². The van der Waals surface area contributed by atoms with E-state index < -0.39 is 57.6 Å². The number of nitrogens with zero attached hydrogens (tertiary/aromatic N) is 2. The Hall–Kier alpha value is -3.49. The molecule has 0 spiro atoms. The zero-order chi connectivity index (χ0) is 26.1. The van der Waals surface area contributed by atoms with Crippen LogP contribution in [0.15, 0.2) is 42.5 Å². The average Bonchev–Trinajstić information content (AvgIpc) is 3.35. The maximum Gasteiger partial charge on any atom is 0.417 e. The summed E-state index contributed by atoms with van der Waals surface area (Å²) in [6, 6.07) is 9.50. The number of halogens is 4. The number of benzene rings is 2. The molecule has 4 atom stereocenters. The summed E-state index contributed by atoms with van der Waals surface area (Å²) in [5.41, 5.74) is 0.307. The predicted molar refractivity (Wildman–Crippen MR) is 117 cm³/mol. The first kappa shape index (κ1) is 24.2. The van der Waals surface area contributed by atoms with Crippen LogP contribution in [0.2, 0.25) is 0 Å². The number of imide groups is 1. The number of anilines is 1. The smallest absolute Gasteiger partial charge is 0.417 e. The van der Waals surface area contributed by atoms with Crippen LogP contribution in [0.1, 0.15) is 37.3 Å². The Bertz CT molecular complexity index is 1310. The van der Waals surface area contributed by atoms with Gasteiger partial charge in [-0.15, -0.1) is 0 Å². The normalized spacial score (nSPS) is 31.0. The zero-order valence-corrected chi connectivity index (χ0v) is 19.1. The van der Waals surface area contributed by atoms with Crippen molar-refractivity contribution in [2.24, 2.45) is 11.7 Å². The molecular formula is C25H21F4N3O4. The fraction of sp³-hybridized carbons (Fsp3) is 0.400. The molecule has 0 radical (unpaired) electrons. The molecule has 3 aliphatic heterocycles. The maximum absolute atomic E-state index is 13.7. The van der Waals surface area contributed by atoms with Crippen molar-refractivity contribution in [3.05, 3.63) is 59.4 Å². The molecule has 2 amide bonds. The number of hydrogen-bond acceptors (Lipinski definition) is 6. The summed E-state index contributed by atoms with van der Waals surface area (Å²) >= 11 is 0. The number of ether oxygens (including phenoxy) is 2. The first-order chi connectivity index (χ1) is 16.9. The van der Waals surface area contributed by atoms with E-state index in [1.165, 1.54) is 30.3 Å². The molecule has 2 aromatic carbocycles. The Morgan fingerprint density at radius 1 is 1.19 bits per heavy atom. The topological polar surface area (TPSA) is 106 Å². The molecule has 0 aliphatic carbocycles. The van der Waals surface area contributed by atoms with Gasteiger partial charge in [0.25, 0.3) is 5.91 Å². The molecule has 7 nitrogen and oxygen atoms in total. The highest BCUT2D eigenvalue weighted by Crippen LogP contribution is 2.63. The maximum atomic E-state index is 13.7. The van der Waals surface area contributed by atoms with Crippen LogP contribution < -0.4 is 15.4 Å². The van der Waals surface area contributed by atoms with Crippen LogP contribution >= 0.6 is 0 Å². The summed E-state index contributed by atoms with van der Waals surface area (Å²) in [6.45, 7) is 1.72. The van der Waals surface area contributed by atoms with Gasteiger partial charge in [0.1, 0.15) is 22.7 Å². The van der Waals surface area contributed by atoms with Gasteiger partial charge in [-0.25, -0.2) is 9.29 Å². The fourth-order valence-electron chi connectivity index (χ4n) is 5.92. The second kappa shape index (κ2) is 7.75. The first-order valence-electron chi connectivity index (χ1n) is 11.2. The number of alkyl halides is 3. The highest BCUT2D eigenvalue weighted by Gasteiger charge is 2.81. The molecule has 0 saturated carbocycles. The largest absolute Gasteiger partial charge is 0.493 e. The van der Waals surface area contributed by atoms with E-state index in [0.29, 0.717) is 29.6 Å². The van der Waals surface area contributed by atoms with Crippen molar-refractivity contribution >= 4 is 17.5 Å². The third-order valence-corrected chi connectivity index (χ3v) is 7.57. The second-order valence-corrected chi connectivity index (χ2v) is 9.58. The van der Waals surface area contributed by atoms with Crippen LogP contribution in [0.3, 0.4) is 0 Å². The minimum Gasteiger partial charge on any atom is -0.493 e. The Morgan fingerprint density at radius 3 is 2.53 bits per heavy atom. The third-order valence-electron chi connectivity index (χ3n) is 7.57. The fourth-order valence-corrected chi connectivity index (χ4v) is 5.92. The molecule has 11 heteroatoms. The highest BCUT2D eigenvalue weighted by molar-refractivity contribution is 6.27. The average molecular weight is 503 g/mol. The van der Waals surface area contributed by atoms with Crippen LogP contribution in [-0.2, 0) is 20.5 Å². The number of nitriles is 1. The molecule has 0 aromatic heterocycles. The lowest BCUT2D eigenvalue weighted by molar-refractivity contribution is -0.138. The number of hydrogen-bond donors (Lipinski definition) is 1. The van der Waals surface area contributed by atoms with Gasteiger partial charge in [0.15, 0.2) is 0 Å². The summed E-state index contributed by atoms with van der Waals surface area (Å²) in [4.78, 5) is 27.9. The third kappa shape index (κ3) is 3.24. The molecule has 3 fully saturated rings. The minimum absolute atomic E-state index is 0.0456. The van der Waals surface area contributed by atoms with Gasteiger partial charge in [-0.1, -0.05) is 0 Å². The number of carbonyl (C=O) groups is 2. The second-order valence-electron chi connectivity index (χ2n) is 9.58. The molecule has 36 heavy (non-hydrogen) atoms. The molecule has 5 rings (SSSR count). The summed E-state index contributed by atoms with van der Waals surface area (Å²) in [6.07, 6.45) is -3.98. The van der Waals surface area contributed by atoms with Crippen LogP contribution in [0, 0.1) is 23.1 Å². The van der Waals surface area contributed by atoms with Crippen molar-refractivity contribution in [1.82, 2.24) is 0 Å². The number of amides is 2. The molecule has 3 saturated heterocycles. The van der Waals surface area contributed by atoms with Crippen molar-refractivity contribution < 1.29 is 36.6 Å². The minimum atomic E-state index is -4.86. The monoisotopic (exact) mass is 503 g/mol. The Labute approximate surface area is 203 Å². The van der Waals surface area contributed by atoms with Crippen molar-refractivity contribution in [1.29, 1.82) is 5.26 Å². The van der Waals surface area contributed by atoms with E-state index in [-0.39, 0.29) is 18.7 Å². The predicted octanol–water partition coefficient (Wildman–Crippen LogP) is 3.69. The van der Waals surface area contributed by atoms with E-state index in [4.69, 9.17) is 20.5 Å². The van der Waals surface area contributed by atoms with E-state index in [1.807, 2.05) is 0 Å². The molecule has 2 N–H and O–H groups in total. The quantitative estimate of drug-likeness (QED) is 0.493. The van der Waals surface area contributed by atoms with Gasteiger partial charge in [0.2, 0.25) is 5.91 Å². The standard InChI is InChI=1S/C25H21F4N3O4/c1-22-8-9-23(36-22,10-11-35-17-6-3-15(26)4-7-17)24(31)19(22)20(33)32(21(24)34)16-5-2-14(13-30)18(12-16)25(27,28)29/h2-7,12,19H,8-11,31H2,1H3/t19?,22?,23?,24-/m1/s1. The highest BCUT2D eigenvalue weighted by atomic mass is 19.4. The number of nitrogens with two attached hydrogens (primary N) is 1. The summed E-state index contributed by atoms with van der Waals surface area (Å²) in [5, 5.41) is 9.07. The zero-order valence-electron chi connectivity index (χ0n) is 19.1. The van der Waals surface area contributed by atoms with E-state index >= 15 is 0 Å². The number of rotatable bonds is 5. The molecule has 188 valence electrons. The Kier molecular flexibility index (Phi) is 5.21. The van der Waals surface area contributed by atoms with Gasteiger partial charge in [-0.05, 0) is 62.2 Å². The van der Waals surface area contributed by atoms with E-state index in [0.717, 1.165) is 12.1 Å². The Morgan fingerprint density at radius 2 is 1.89 bits per heavy atom. The Balaban J connectivity index is 1.48. The van der Waals surface area contributed by atoms with Gasteiger partial charge in [0.05, 0.1) is 41.0 Å². The van der Waals surface area contributed by atoms with Crippen molar-refractivity contribution in [2.45, 2.75) is 49.1 Å². The SMILES string of the molecule is CC12CCC(CCOc3ccc(F)cc3)(O1)[C@]1(N)C(=O)N(c3ccc(C#N)c(C(F)(F)F)c3)C(=O)C21. The van der Waals surface area contributed by atoms with Gasteiger partial charge < -0.3 is 15.2 Å². The van der Waals surface area contributed by atoms with E-state index in [2.05, 4.69) is 0 Å². The number of carbonyl (C=O) groups excluding carboxylic acids is 2. The van der Waals surface area contributed by atoms with Gasteiger partial charge in [-0.2, -0.15) is 18.4 Å². The lowest BCUT2D eigenvalue weighted by Crippen LogP contribution is -2.66. The van der Waals surface area contributed by atoms with Crippen molar-refractivity contribution in [3.63, 3.8) is 0 Å². The molecule has 2 aromatic rings. The molecule has 3 aliphatic rings. The molecule has 3 unspecified atom stereocenters. The number of fused-ring (bicyclic) bond motifs is 5. The lowest BCUT2D eigenvalue weighted by atomic mass is 9.62. The van der Waals surface area contributed by atoms with Crippen LogP contribution in [-0.4, -0.2) is 35.2 Å². The van der Waals surface area contributed by atoms with Gasteiger partial charge in [0, 0.05) is 6.42 Å². The molecule has 3 heterocycles. The van der Waals surface area contributed by atoms with E-state index in [9.17, 15) is 27.2 Å². The first-order valence-corrected chi connectivity index (χ1v) is 11.2. The van der Waals surface area contributed by atoms with Gasteiger partial charge >= 0.3 is 6.18 Å². The van der Waals surface area contributed by atoms with Crippen molar-refractivity contribution in [3.8, 4) is 11.8 Å². The lowest BCUT2D eigenvalue weighted by Gasteiger charge is -2.39. The van der Waals surface area contributed by atoms with Crippen LogP contribution in [0.4, 0.5) is 23.2 Å². The molecule has 2 bridgehead atoms. The van der Waals surface area contributed by atoms with Crippen LogP contribution in [0.5, 0.6) is 5.75 Å². The van der Waals surface area contributed by atoms with E-state index in [1.54, 1.807) is 6.92 Å². The molecular weight excluding hydrogens is 482 g/mol. The summed E-state index contributed by atoms with van der Waals surface area (Å²) < 4.78 is 65.7. The summed E-state index contributed by atoms with van der Waals surface area (Å²) in [7, 11) is 0. The van der Waals surface area contributed by atoms with Crippen molar-refractivity contribution in [2.75, 3.05) is 11.5 Å².